The molecule has 0 amide bonds. The van der Waals surface area contributed by atoms with Crippen LogP contribution in [0.15, 0.2) is 6.07 Å². The standard InChI is InChI=1S/C9H8F3NO3/c1-16-9-4(8(11)12)2-5(10)6(13-9)3-7(14)15/h2,8H,3H2,1H3,(H,14,15). The third-order valence-electron chi connectivity index (χ3n) is 1.79. The molecule has 0 saturated carbocycles. The van der Waals surface area contributed by atoms with Gasteiger partial charge in [-0.3, -0.25) is 4.79 Å². The highest BCUT2D eigenvalue weighted by atomic mass is 19.3. The Balaban J connectivity index is 3.20. The lowest BCUT2D eigenvalue weighted by Gasteiger charge is -2.08. The molecule has 1 heterocycles. The van der Waals surface area contributed by atoms with Gasteiger partial charge >= 0.3 is 5.97 Å². The van der Waals surface area contributed by atoms with E-state index in [1.807, 2.05) is 0 Å². The minimum Gasteiger partial charge on any atom is -0.481 e. The van der Waals surface area contributed by atoms with Gasteiger partial charge in [0.25, 0.3) is 6.43 Å². The zero-order valence-corrected chi connectivity index (χ0v) is 8.21. The van der Waals surface area contributed by atoms with E-state index in [-0.39, 0.29) is 0 Å². The number of methoxy groups -OCH3 is 1. The van der Waals surface area contributed by atoms with Gasteiger partial charge in [0.05, 0.1) is 24.8 Å². The van der Waals surface area contributed by atoms with Crippen molar-refractivity contribution in [2.45, 2.75) is 12.8 Å². The van der Waals surface area contributed by atoms with Crippen LogP contribution in [0.5, 0.6) is 5.88 Å². The largest absolute Gasteiger partial charge is 0.481 e. The van der Waals surface area contributed by atoms with E-state index < -0.39 is 41.8 Å². The Morgan fingerprint density at radius 1 is 1.62 bits per heavy atom. The molecule has 1 N–H and O–H groups in total. The lowest BCUT2D eigenvalue weighted by atomic mass is 10.2. The number of carboxylic acids is 1. The summed E-state index contributed by atoms with van der Waals surface area (Å²) in [7, 11) is 1.09. The predicted octanol–water partition coefficient (Wildman–Crippen LogP) is 1.79. The maximum atomic E-state index is 13.2. The molecule has 0 fully saturated rings. The van der Waals surface area contributed by atoms with Crippen molar-refractivity contribution in [3.63, 3.8) is 0 Å². The Kier molecular flexibility index (Phi) is 3.70. The summed E-state index contributed by atoms with van der Waals surface area (Å²) in [6.07, 6.45) is -3.62. The molecule has 16 heavy (non-hydrogen) atoms. The molecule has 0 unspecified atom stereocenters. The fourth-order valence-electron chi connectivity index (χ4n) is 1.11. The predicted molar refractivity (Wildman–Crippen MR) is 47.0 cm³/mol. The van der Waals surface area contributed by atoms with Gasteiger partial charge in [-0.05, 0) is 6.07 Å². The fraction of sp³-hybridized carbons (Fsp3) is 0.333. The lowest BCUT2D eigenvalue weighted by molar-refractivity contribution is -0.136. The molecular formula is C9H8F3NO3. The van der Waals surface area contributed by atoms with Crippen LogP contribution in [0.25, 0.3) is 0 Å². The summed E-state index contributed by atoms with van der Waals surface area (Å²) >= 11 is 0. The molecule has 7 heteroatoms. The summed E-state index contributed by atoms with van der Waals surface area (Å²) in [5.74, 6) is -2.86. The maximum absolute atomic E-state index is 13.2. The fourth-order valence-corrected chi connectivity index (χ4v) is 1.11. The Bertz CT molecular complexity index is 409. The van der Waals surface area contributed by atoms with Crippen molar-refractivity contribution >= 4 is 5.97 Å². The van der Waals surface area contributed by atoms with Crippen molar-refractivity contribution in [3.05, 3.63) is 23.1 Å². The topological polar surface area (TPSA) is 59.4 Å². The van der Waals surface area contributed by atoms with Crippen LogP contribution in [-0.2, 0) is 11.2 Å². The van der Waals surface area contributed by atoms with E-state index in [1.54, 1.807) is 0 Å². The number of hydrogen-bond acceptors (Lipinski definition) is 3. The Morgan fingerprint density at radius 3 is 2.69 bits per heavy atom. The molecule has 0 spiro atoms. The Labute approximate surface area is 88.7 Å². The van der Waals surface area contributed by atoms with Gasteiger partial charge in [0.1, 0.15) is 5.82 Å². The normalized spacial score (nSPS) is 10.6. The molecule has 0 aliphatic rings. The first-order chi connectivity index (χ1) is 7.45. The van der Waals surface area contributed by atoms with E-state index in [0.29, 0.717) is 6.07 Å². The van der Waals surface area contributed by atoms with Crippen LogP contribution < -0.4 is 4.74 Å². The smallest absolute Gasteiger partial charge is 0.309 e. The summed E-state index contributed by atoms with van der Waals surface area (Å²) < 4.78 is 42.5. The first kappa shape index (κ1) is 12.3. The molecule has 1 aromatic rings. The van der Waals surface area contributed by atoms with Crippen molar-refractivity contribution < 1.29 is 27.8 Å². The number of ether oxygens (including phenoxy) is 1. The van der Waals surface area contributed by atoms with E-state index in [2.05, 4.69) is 9.72 Å². The van der Waals surface area contributed by atoms with Gasteiger partial charge in [0.15, 0.2) is 0 Å². The molecule has 0 saturated heterocycles. The van der Waals surface area contributed by atoms with Crippen LogP contribution in [0.3, 0.4) is 0 Å². The number of aromatic nitrogens is 1. The average molecular weight is 235 g/mol. The third kappa shape index (κ3) is 2.62. The zero-order valence-electron chi connectivity index (χ0n) is 8.21. The van der Waals surface area contributed by atoms with Crippen molar-refractivity contribution in [2.75, 3.05) is 7.11 Å². The summed E-state index contributed by atoms with van der Waals surface area (Å²) in [6, 6.07) is 0.536. The van der Waals surface area contributed by atoms with Crippen LogP contribution in [0.4, 0.5) is 13.2 Å². The van der Waals surface area contributed by atoms with E-state index >= 15 is 0 Å². The third-order valence-corrected chi connectivity index (χ3v) is 1.79. The number of nitrogens with zero attached hydrogens (tertiary/aromatic N) is 1. The summed E-state index contributed by atoms with van der Waals surface area (Å²) in [5.41, 5.74) is -1.14. The van der Waals surface area contributed by atoms with Gasteiger partial charge in [0, 0.05) is 0 Å². The molecule has 1 aromatic heterocycles. The van der Waals surface area contributed by atoms with Gasteiger partial charge in [-0.15, -0.1) is 0 Å². The monoisotopic (exact) mass is 235 g/mol. The van der Waals surface area contributed by atoms with Crippen molar-refractivity contribution in [1.82, 2.24) is 4.98 Å². The van der Waals surface area contributed by atoms with Crippen LogP contribution in [0.2, 0.25) is 0 Å². The molecule has 0 atom stereocenters. The summed E-state index contributed by atoms with van der Waals surface area (Å²) in [4.78, 5) is 13.7. The SMILES string of the molecule is COc1nc(CC(=O)O)c(F)cc1C(F)F. The summed E-state index contributed by atoms with van der Waals surface area (Å²) in [6.45, 7) is 0. The number of aliphatic carboxylic acids is 1. The zero-order chi connectivity index (χ0) is 12.3. The number of carbonyl (C=O) groups is 1. The van der Waals surface area contributed by atoms with Crippen LogP contribution in [0.1, 0.15) is 17.7 Å². The molecule has 0 aliphatic heterocycles. The van der Waals surface area contributed by atoms with Crippen molar-refractivity contribution in [3.8, 4) is 5.88 Å². The van der Waals surface area contributed by atoms with E-state index in [4.69, 9.17) is 5.11 Å². The molecule has 0 radical (unpaired) electrons. The minimum atomic E-state index is -2.93. The first-order valence-electron chi connectivity index (χ1n) is 4.19. The Morgan fingerprint density at radius 2 is 2.25 bits per heavy atom. The van der Waals surface area contributed by atoms with E-state index in [9.17, 15) is 18.0 Å². The first-order valence-corrected chi connectivity index (χ1v) is 4.19. The number of alkyl halides is 2. The number of carboxylic acid groups (broad SMARTS) is 1. The highest BCUT2D eigenvalue weighted by molar-refractivity contribution is 5.69. The van der Waals surface area contributed by atoms with Gasteiger partial charge in [0.2, 0.25) is 5.88 Å². The second-order valence-electron chi connectivity index (χ2n) is 2.89. The van der Waals surface area contributed by atoms with Crippen LogP contribution >= 0.6 is 0 Å². The van der Waals surface area contributed by atoms with E-state index in [0.717, 1.165) is 7.11 Å². The molecule has 0 aliphatic carbocycles. The molecule has 0 bridgehead atoms. The van der Waals surface area contributed by atoms with Crippen LogP contribution in [-0.4, -0.2) is 23.2 Å². The van der Waals surface area contributed by atoms with Crippen LogP contribution in [0, 0.1) is 5.82 Å². The maximum Gasteiger partial charge on any atom is 0.309 e. The molecule has 4 nitrogen and oxygen atoms in total. The second kappa shape index (κ2) is 4.82. The number of rotatable bonds is 4. The van der Waals surface area contributed by atoms with Gasteiger partial charge in [-0.2, -0.15) is 0 Å². The van der Waals surface area contributed by atoms with Gasteiger partial charge < -0.3 is 9.84 Å². The highest BCUT2D eigenvalue weighted by Gasteiger charge is 2.20. The Hall–Kier alpha value is -1.79. The molecular weight excluding hydrogens is 227 g/mol. The number of hydrogen-bond donors (Lipinski definition) is 1. The summed E-state index contributed by atoms with van der Waals surface area (Å²) in [5, 5.41) is 8.44. The number of halogens is 3. The van der Waals surface area contributed by atoms with E-state index in [1.165, 1.54) is 0 Å². The molecule has 0 aromatic carbocycles. The highest BCUT2D eigenvalue weighted by Crippen LogP contribution is 2.28. The average Bonchev–Trinajstić information content (AvgIpc) is 2.19. The molecule has 1 rings (SSSR count). The molecule has 88 valence electrons. The minimum absolute atomic E-state index is 0.436. The number of pyridine rings is 1. The van der Waals surface area contributed by atoms with Gasteiger partial charge in [-0.1, -0.05) is 0 Å². The van der Waals surface area contributed by atoms with Crippen molar-refractivity contribution in [1.29, 1.82) is 0 Å². The lowest BCUT2D eigenvalue weighted by Crippen LogP contribution is -2.08. The van der Waals surface area contributed by atoms with Crippen molar-refractivity contribution in [2.24, 2.45) is 0 Å². The second-order valence-corrected chi connectivity index (χ2v) is 2.89. The quantitative estimate of drug-likeness (QED) is 0.864. The van der Waals surface area contributed by atoms with Gasteiger partial charge in [-0.25, -0.2) is 18.2 Å².